The maximum absolute atomic E-state index is 4.22. The van der Waals surface area contributed by atoms with Crippen molar-refractivity contribution >= 4 is 11.0 Å². The highest BCUT2D eigenvalue weighted by atomic mass is 14.8. The second-order valence-electron chi connectivity index (χ2n) is 3.59. The fraction of sp³-hybridized carbons (Fsp3) is 0. The minimum absolute atomic E-state index is 0.864. The highest BCUT2D eigenvalue weighted by Gasteiger charge is 1.99. The standard InChI is InChI=1S/C14H9N3/c1-3-11(9-15-7-1)5-6-12-10-17-14-13(12)4-2-8-16-14/h1-4,7-10H,(H,16,17). The summed E-state index contributed by atoms with van der Waals surface area (Å²) in [5.74, 6) is 6.20. The second kappa shape index (κ2) is 4.11. The Bertz CT molecular complexity index is 702. The van der Waals surface area contributed by atoms with Gasteiger partial charge in [0.25, 0.3) is 0 Å². The number of fused-ring (bicyclic) bond motifs is 1. The molecule has 0 spiro atoms. The van der Waals surface area contributed by atoms with Gasteiger partial charge in [-0.25, -0.2) is 4.98 Å². The molecule has 0 aliphatic carbocycles. The predicted octanol–water partition coefficient (Wildman–Crippen LogP) is 2.36. The van der Waals surface area contributed by atoms with E-state index in [-0.39, 0.29) is 0 Å². The van der Waals surface area contributed by atoms with Crippen molar-refractivity contribution in [2.45, 2.75) is 0 Å². The Balaban J connectivity index is 2.04. The van der Waals surface area contributed by atoms with Gasteiger partial charge in [-0.1, -0.05) is 11.8 Å². The molecule has 0 atom stereocenters. The Kier molecular flexibility index (Phi) is 2.32. The van der Waals surface area contributed by atoms with Crippen LogP contribution in [0.5, 0.6) is 0 Å². The summed E-state index contributed by atoms with van der Waals surface area (Å²) < 4.78 is 0. The molecular weight excluding hydrogens is 210 g/mol. The molecule has 3 nitrogen and oxygen atoms in total. The van der Waals surface area contributed by atoms with Crippen LogP contribution in [0.25, 0.3) is 11.0 Å². The first-order valence-electron chi connectivity index (χ1n) is 5.27. The summed E-state index contributed by atoms with van der Waals surface area (Å²) in [5, 5.41) is 1.05. The van der Waals surface area contributed by atoms with Crippen molar-refractivity contribution in [3.8, 4) is 11.8 Å². The lowest BCUT2D eigenvalue weighted by atomic mass is 10.2. The summed E-state index contributed by atoms with van der Waals surface area (Å²) in [4.78, 5) is 11.3. The van der Waals surface area contributed by atoms with Crippen LogP contribution in [0.1, 0.15) is 11.1 Å². The van der Waals surface area contributed by atoms with Crippen molar-refractivity contribution in [1.82, 2.24) is 15.0 Å². The molecule has 0 unspecified atom stereocenters. The summed E-state index contributed by atoms with van der Waals surface area (Å²) in [6.45, 7) is 0. The zero-order valence-corrected chi connectivity index (χ0v) is 9.01. The summed E-state index contributed by atoms with van der Waals surface area (Å²) in [6.07, 6.45) is 7.12. The Morgan fingerprint density at radius 1 is 1.06 bits per heavy atom. The molecule has 0 aromatic carbocycles. The Hall–Kier alpha value is -2.60. The Labute approximate surface area is 98.5 Å². The van der Waals surface area contributed by atoms with Gasteiger partial charge in [-0.2, -0.15) is 0 Å². The average molecular weight is 219 g/mol. The zero-order valence-electron chi connectivity index (χ0n) is 9.01. The molecule has 0 bridgehead atoms. The Morgan fingerprint density at radius 2 is 2.00 bits per heavy atom. The van der Waals surface area contributed by atoms with Crippen LogP contribution in [0.4, 0.5) is 0 Å². The van der Waals surface area contributed by atoms with Gasteiger partial charge in [0.15, 0.2) is 0 Å². The average Bonchev–Trinajstić information content (AvgIpc) is 2.81. The molecule has 0 saturated carbocycles. The van der Waals surface area contributed by atoms with Gasteiger partial charge in [-0.05, 0) is 24.3 Å². The first-order chi connectivity index (χ1) is 8.43. The number of nitrogens with zero attached hydrogens (tertiary/aromatic N) is 2. The van der Waals surface area contributed by atoms with Crippen molar-refractivity contribution in [2.75, 3.05) is 0 Å². The quantitative estimate of drug-likeness (QED) is 0.590. The normalized spacial score (nSPS) is 9.88. The molecule has 0 fully saturated rings. The monoisotopic (exact) mass is 219 g/mol. The summed E-state index contributed by atoms with van der Waals surface area (Å²) in [6, 6.07) is 7.73. The number of rotatable bonds is 0. The number of pyridine rings is 2. The van der Waals surface area contributed by atoms with Crippen LogP contribution in [-0.4, -0.2) is 15.0 Å². The molecule has 80 valence electrons. The maximum atomic E-state index is 4.22. The largest absolute Gasteiger partial charge is 0.345 e. The van der Waals surface area contributed by atoms with E-state index in [4.69, 9.17) is 0 Å². The van der Waals surface area contributed by atoms with Crippen LogP contribution >= 0.6 is 0 Å². The molecule has 3 aromatic rings. The SMILES string of the molecule is C(#Cc1c[nH]c2ncccc12)c1cccnc1. The minimum atomic E-state index is 0.864. The molecule has 0 saturated heterocycles. The number of hydrogen-bond acceptors (Lipinski definition) is 2. The molecule has 3 heterocycles. The van der Waals surface area contributed by atoms with Gasteiger partial charge < -0.3 is 4.98 Å². The summed E-state index contributed by atoms with van der Waals surface area (Å²) in [7, 11) is 0. The molecular formula is C14H9N3. The Morgan fingerprint density at radius 3 is 2.88 bits per heavy atom. The van der Waals surface area contributed by atoms with Crippen LogP contribution in [-0.2, 0) is 0 Å². The van der Waals surface area contributed by atoms with E-state index < -0.39 is 0 Å². The van der Waals surface area contributed by atoms with Crippen molar-refractivity contribution in [2.24, 2.45) is 0 Å². The number of aromatic nitrogens is 3. The van der Waals surface area contributed by atoms with Gasteiger partial charge in [0.1, 0.15) is 5.65 Å². The van der Waals surface area contributed by atoms with E-state index in [0.29, 0.717) is 0 Å². The van der Waals surface area contributed by atoms with Crippen molar-refractivity contribution in [3.05, 3.63) is 60.2 Å². The van der Waals surface area contributed by atoms with E-state index in [1.54, 1.807) is 18.6 Å². The topological polar surface area (TPSA) is 41.6 Å². The van der Waals surface area contributed by atoms with Gasteiger partial charge in [0, 0.05) is 35.7 Å². The van der Waals surface area contributed by atoms with Gasteiger partial charge >= 0.3 is 0 Å². The molecule has 17 heavy (non-hydrogen) atoms. The first kappa shape index (κ1) is 9.61. The van der Waals surface area contributed by atoms with E-state index in [1.165, 1.54) is 0 Å². The van der Waals surface area contributed by atoms with E-state index in [2.05, 4.69) is 26.8 Å². The molecule has 1 N–H and O–H groups in total. The van der Waals surface area contributed by atoms with Gasteiger partial charge in [-0.3, -0.25) is 4.98 Å². The highest BCUT2D eigenvalue weighted by Crippen LogP contribution is 2.14. The highest BCUT2D eigenvalue weighted by molar-refractivity contribution is 5.82. The van der Waals surface area contributed by atoms with Gasteiger partial charge in [0.05, 0.1) is 5.56 Å². The molecule has 0 radical (unpaired) electrons. The second-order valence-corrected chi connectivity index (χ2v) is 3.59. The van der Waals surface area contributed by atoms with Crippen LogP contribution in [0.3, 0.4) is 0 Å². The van der Waals surface area contributed by atoms with Crippen molar-refractivity contribution < 1.29 is 0 Å². The first-order valence-corrected chi connectivity index (χ1v) is 5.27. The summed E-state index contributed by atoms with van der Waals surface area (Å²) in [5.41, 5.74) is 2.73. The smallest absolute Gasteiger partial charge is 0.138 e. The molecule has 3 heteroatoms. The number of nitrogens with one attached hydrogen (secondary N) is 1. The fourth-order valence-electron chi connectivity index (χ4n) is 1.64. The molecule has 0 aliphatic heterocycles. The molecule has 3 rings (SSSR count). The molecule has 0 amide bonds. The van der Waals surface area contributed by atoms with Gasteiger partial charge in [0.2, 0.25) is 0 Å². The lowest BCUT2D eigenvalue weighted by Gasteiger charge is -1.88. The van der Waals surface area contributed by atoms with E-state index in [1.807, 2.05) is 30.5 Å². The van der Waals surface area contributed by atoms with E-state index in [0.717, 1.165) is 22.2 Å². The lowest BCUT2D eigenvalue weighted by molar-refractivity contribution is 1.31. The zero-order chi connectivity index (χ0) is 11.5. The maximum Gasteiger partial charge on any atom is 0.138 e. The van der Waals surface area contributed by atoms with Crippen LogP contribution in [0.15, 0.2) is 49.1 Å². The third-order valence-electron chi connectivity index (χ3n) is 2.45. The van der Waals surface area contributed by atoms with Crippen LogP contribution < -0.4 is 0 Å². The number of hydrogen-bond donors (Lipinski definition) is 1. The van der Waals surface area contributed by atoms with Crippen molar-refractivity contribution in [1.29, 1.82) is 0 Å². The number of H-pyrrole nitrogens is 1. The van der Waals surface area contributed by atoms with E-state index in [9.17, 15) is 0 Å². The summed E-state index contributed by atoms with van der Waals surface area (Å²) >= 11 is 0. The van der Waals surface area contributed by atoms with Crippen LogP contribution in [0, 0.1) is 11.8 Å². The van der Waals surface area contributed by atoms with E-state index >= 15 is 0 Å². The molecule has 0 aliphatic rings. The number of aromatic amines is 1. The van der Waals surface area contributed by atoms with Crippen LogP contribution in [0.2, 0.25) is 0 Å². The third-order valence-corrected chi connectivity index (χ3v) is 2.45. The minimum Gasteiger partial charge on any atom is -0.345 e. The fourth-order valence-corrected chi connectivity index (χ4v) is 1.64. The third kappa shape index (κ3) is 1.88. The lowest BCUT2D eigenvalue weighted by Crippen LogP contribution is -1.76. The van der Waals surface area contributed by atoms with Gasteiger partial charge in [-0.15, -0.1) is 0 Å². The molecule has 3 aromatic heterocycles. The van der Waals surface area contributed by atoms with Crippen molar-refractivity contribution in [3.63, 3.8) is 0 Å². The predicted molar refractivity (Wildman–Crippen MR) is 66.3 cm³/mol.